The third kappa shape index (κ3) is 4.95. The highest BCUT2D eigenvalue weighted by molar-refractivity contribution is 7.11. The maximum atomic E-state index is 13.8. The van der Waals surface area contributed by atoms with Crippen molar-refractivity contribution in [3.05, 3.63) is 69.1 Å². The minimum atomic E-state index is -1.04. The Kier molecular flexibility index (Phi) is 6.56. The summed E-state index contributed by atoms with van der Waals surface area (Å²) in [6.45, 7) is 4.50. The van der Waals surface area contributed by atoms with Crippen molar-refractivity contribution in [1.29, 1.82) is 0 Å². The molecule has 0 unspecified atom stereocenters. The Balaban J connectivity index is 1.54. The number of aromatic carboxylic acids is 1. The van der Waals surface area contributed by atoms with Crippen molar-refractivity contribution in [3.8, 4) is 5.75 Å². The molecule has 1 N–H and O–H groups in total. The van der Waals surface area contributed by atoms with Gasteiger partial charge in [0.1, 0.15) is 22.3 Å². The number of hydrogen-bond donors (Lipinski definition) is 1. The van der Waals surface area contributed by atoms with Gasteiger partial charge >= 0.3 is 5.97 Å². The van der Waals surface area contributed by atoms with E-state index in [-0.39, 0.29) is 11.6 Å². The smallest absolute Gasteiger partial charge is 0.355 e. The molecular weight excluding hydrogens is 440 g/mol. The number of methoxy groups -OCH3 is 1. The second-order valence-corrected chi connectivity index (χ2v) is 9.76. The second kappa shape index (κ2) is 9.39. The van der Waals surface area contributed by atoms with Crippen molar-refractivity contribution in [2.24, 2.45) is 0 Å². The number of aromatic nitrogens is 1. The third-order valence-corrected chi connectivity index (χ3v) is 7.06. The molecule has 1 aliphatic rings. The standard InChI is InChI=1S/C25H28N2O5S/c1-16-6-9-20(32-16)5-4-14-27(15-21-26-22(23(28)29)17(2)33-21)24(30)25(12-13-25)18-7-10-19(31-3)11-8-18/h6-11H,4-5,12-15H2,1-3H3,(H,28,29). The Labute approximate surface area is 197 Å². The zero-order valence-corrected chi connectivity index (χ0v) is 19.9. The highest BCUT2D eigenvalue weighted by atomic mass is 32.1. The Morgan fingerprint density at radius 2 is 1.91 bits per heavy atom. The van der Waals surface area contributed by atoms with Crippen LogP contribution in [0.5, 0.6) is 5.75 Å². The van der Waals surface area contributed by atoms with E-state index in [1.165, 1.54) is 11.3 Å². The van der Waals surface area contributed by atoms with Gasteiger partial charge in [0.2, 0.25) is 5.91 Å². The molecule has 4 rings (SSSR count). The number of ether oxygens (including phenoxy) is 1. The summed E-state index contributed by atoms with van der Waals surface area (Å²) in [7, 11) is 1.62. The summed E-state index contributed by atoms with van der Waals surface area (Å²) in [6, 6.07) is 11.6. The Hall–Kier alpha value is -3.13. The highest BCUT2D eigenvalue weighted by Gasteiger charge is 2.53. The van der Waals surface area contributed by atoms with Crippen molar-refractivity contribution in [3.63, 3.8) is 0 Å². The summed E-state index contributed by atoms with van der Waals surface area (Å²) < 4.78 is 10.9. The summed E-state index contributed by atoms with van der Waals surface area (Å²) in [5, 5.41) is 10.0. The summed E-state index contributed by atoms with van der Waals surface area (Å²) in [6.07, 6.45) is 3.06. The molecule has 0 spiro atoms. The fraction of sp³-hybridized carbons (Fsp3) is 0.400. The van der Waals surface area contributed by atoms with Gasteiger partial charge in [-0.3, -0.25) is 4.79 Å². The molecule has 0 saturated heterocycles. The first-order valence-electron chi connectivity index (χ1n) is 11.0. The lowest BCUT2D eigenvalue weighted by molar-refractivity contribution is -0.134. The number of hydrogen-bond acceptors (Lipinski definition) is 6. The van der Waals surface area contributed by atoms with Crippen LogP contribution in [-0.2, 0) is 23.2 Å². The summed E-state index contributed by atoms with van der Waals surface area (Å²) in [5.41, 5.74) is 0.515. The van der Waals surface area contributed by atoms with Gasteiger partial charge < -0.3 is 19.2 Å². The minimum Gasteiger partial charge on any atom is -0.497 e. The first-order chi connectivity index (χ1) is 15.8. The molecule has 2 aromatic heterocycles. The molecule has 174 valence electrons. The number of carboxylic acids is 1. The van der Waals surface area contributed by atoms with E-state index in [1.807, 2.05) is 48.2 Å². The summed E-state index contributed by atoms with van der Waals surface area (Å²) in [5.74, 6) is 1.54. The van der Waals surface area contributed by atoms with Crippen molar-refractivity contribution < 1.29 is 23.8 Å². The van der Waals surface area contributed by atoms with Crippen LogP contribution < -0.4 is 4.74 Å². The first-order valence-corrected chi connectivity index (χ1v) is 11.8. The minimum absolute atomic E-state index is 0.0600. The van der Waals surface area contributed by atoms with Crippen molar-refractivity contribution in [2.45, 2.75) is 51.5 Å². The molecule has 3 aromatic rings. The van der Waals surface area contributed by atoms with Crippen LogP contribution in [0, 0.1) is 13.8 Å². The molecule has 0 aliphatic heterocycles. The molecule has 0 radical (unpaired) electrons. The van der Waals surface area contributed by atoms with Gasteiger partial charge in [-0.25, -0.2) is 9.78 Å². The number of aryl methyl sites for hydroxylation is 3. The SMILES string of the molecule is COc1ccc(C2(C(=O)N(CCCc3ccc(C)o3)Cc3nc(C(=O)O)c(C)s3)CC2)cc1. The number of rotatable bonds is 10. The van der Waals surface area contributed by atoms with E-state index in [1.54, 1.807) is 14.0 Å². The fourth-order valence-electron chi connectivity index (χ4n) is 4.16. The monoisotopic (exact) mass is 468 g/mol. The van der Waals surface area contributed by atoms with Crippen LogP contribution in [0.15, 0.2) is 40.8 Å². The highest BCUT2D eigenvalue weighted by Crippen LogP contribution is 2.50. The average Bonchev–Trinajstić information content (AvgIpc) is 3.38. The van der Waals surface area contributed by atoms with E-state index in [9.17, 15) is 14.7 Å². The molecule has 0 atom stereocenters. The maximum absolute atomic E-state index is 13.8. The molecule has 2 heterocycles. The largest absolute Gasteiger partial charge is 0.497 e. The molecular formula is C25H28N2O5S. The number of amides is 1. The lowest BCUT2D eigenvalue weighted by Crippen LogP contribution is -2.39. The van der Waals surface area contributed by atoms with E-state index >= 15 is 0 Å². The van der Waals surface area contributed by atoms with Crippen molar-refractivity contribution >= 4 is 23.2 Å². The number of benzene rings is 1. The number of nitrogens with zero attached hydrogens (tertiary/aromatic N) is 2. The Morgan fingerprint density at radius 3 is 2.45 bits per heavy atom. The van der Waals surface area contributed by atoms with Gasteiger partial charge in [0.15, 0.2) is 5.69 Å². The Morgan fingerprint density at radius 1 is 1.18 bits per heavy atom. The van der Waals surface area contributed by atoms with Crippen LogP contribution in [0.2, 0.25) is 0 Å². The summed E-state index contributed by atoms with van der Waals surface area (Å²) in [4.78, 5) is 32.0. The molecule has 7 nitrogen and oxygen atoms in total. The number of thiazole rings is 1. The van der Waals surface area contributed by atoms with Gasteiger partial charge in [0.05, 0.1) is 19.1 Å². The van der Waals surface area contributed by atoms with E-state index < -0.39 is 11.4 Å². The number of carbonyl (C=O) groups is 2. The number of carbonyl (C=O) groups excluding carboxylic acids is 1. The van der Waals surface area contributed by atoms with Gasteiger partial charge in [-0.15, -0.1) is 11.3 Å². The van der Waals surface area contributed by atoms with Crippen LogP contribution in [0.25, 0.3) is 0 Å². The molecule has 1 saturated carbocycles. The number of furan rings is 1. The molecule has 8 heteroatoms. The van der Waals surface area contributed by atoms with E-state index in [0.717, 1.165) is 48.5 Å². The van der Waals surface area contributed by atoms with E-state index in [4.69, 9.17) is 9.15 Å². The lowest BCUT2D eigenvalue weighted by Gasteiger charge is -2.27. The third-order valence-electron chi connectivity index (χ3n) is 6.11. The van der Waals surface area contributed by atoms with Crippen LogP contribution in [0.4, 0.5) is 0 Å². The van der Waals surface area contributed by atoms with Crippen molar-refractivity contribution in [2.75, 3.05) is 13.7 Å². The predicted molar refractivity (Wildman–Crippen MR) is 125 cm³/mol. The van der Waals surface area contributed by atoms with Crippen molar-refractivity contribution in [1.82, 2.24) is 9.88 Å². The molecule has 0 bridgehead atoms. The fourth-order valence-corrected chi connectivity index (χ4v) is 5.10. The molecule has 1 aliphatic carbocycles. The zero-order valence-electron chi connectivity index (χ0n) is 19.1. The molecule has 1 amide bonds. The lowest BCUT2D eigenvalue weighted by atomic mass is 9.94. The van der Waals surface area contributed by atoms with Gasteiger partial charge in [-0.05, 0) is 62.9 Å². The second-order valence-electron chi connectivity index (χ2n) is 8.47. The quantitative estimate of drug-likeness (QED) is 0.461. The van der Waals surface area contributed by atoms with Gasteiger partial charge in [-0.2, -0.15) is 0 Å². The Bertz CT molecular complexity index is 1140. The topological polar surface area (TPSA) is 92.9 Å². The molecule has 1 fully saturated rings. The maximum Gasteiger partial charge on any atom is 0.355 e. The van der Waals surface area contributed by atoms with Crippen LogP contribution in [0.1, 0.15) is 56.7 Å². The average molecular weight is 469 g/mol. The van der Waals surface area contributed by atoms with Gasteiger partial charge in [0.25, 0.3) is 0 Å². The summed E-state index contributed by atoms with van der Waals surface area (Å²) >= 11 is 1.33. The van der Waals surface area contributed by atoms with E-state index in [2.05, 4.69) is 4.98 Å². The molecule has 1 aromatic carbocycles. The van der Waals surface area contributed by atoms with Gasteiger partial charge in [-0.1, -0.05) is 12.1 Å². The normalized spacial score (nSPS) is 14.2. The van der Waals surface area contributed by atoms with Crippen LogP contribution in [0.3, 0.4) is 0 Å². The van der Waals surface area contributed by atoms with Gasteiger partial charge in [0, 0.05) is 17.8 Å². The van der Waals surface area contributed by atoms with E-state index in [0.29, 0.717) is 23.0 Å². The zero-order chi connectivity index (χ0) is 23.6. The van der Waals surface area contributed by atoms with Crippen LogP contribution >= 0.6 is 11.3 Å². The predicted octanol–water partition coefficient (Wildman–Crippen LogP) is 4.75. The number of carboxylic acid groups (broad SMARTS) is 1. The first kappa shape index (κ1) is 23.0. The molecule has 33 heavy (non-hydrogen) atoms. The van der Waals surface area contributed by atoms with Crippen LogP contribution in [-0.4, -0.2) is 40.5 Å².